The first kappa shape index (κ1) is 13.4. The Morgan fingerprint density at radius 2 is 1.95 bits per heavy atom. The lowest BCUT2D eigenvalue weighted by Gasteiger charge is -2.57. The highest BCUT2D eigenvalue weighted by molar-refractivity contribution is 5.88. The Hall–Kier alpha value is -0.540. The Balaban J connectivity index is 0.00000110. The van der Waals surface area contributed by atoms with Crippen molar-refractivity contribution in [2.75, 3.05) is 19.6 Å². The average Bonchev–Trinajstić information content (AvgIpc) is 2.41. The van der Waals surface area contributed by atoms with Gasteiger partial charge in [0.05, 0.1) is 0 Å². The molecule has 1 amide bonds. The SMILES string of the molecule is Cl.O=C1C=CCC2C3CCCN4CCCC(CN12)C34. The van der Waals surface area contributed by atoms with Crippen LogP contribution in [0.5, 0.6) is 0 Å². The number of hydrogen-bond acceptors (Lipinski definition) is 2. The number of piperidine rings is 3. The fourth-order valence-electron chi connectivity index (χ4n) is 4.95. The molecule has 0 bridgehead atoms. The van der Waals surface area contributed by atoms with Crippen molar-refractivity contribution in [1.29, 1.82) is 0 Å². The van der Waals surface area contributed by atoms with E-state index in [4.69, 9.17) is 0 Å². The average molecular weight is 283 g/mol. The Morgan fingerprint density at radius 1 is 1.16 bits per heavy atom. The van der Waals surface area contributed by atoms with Crippen molar-refractivity contribution in [3.63, 3.8) is 0 Å². The molecule has 0 radical (unpaired) electrons. The van der Waals surface area contributed by atoms with Crippen LogP contribution in [0.15, 0.2) is 12.2 Å². The number of halogens is 1. The molecule has 4 aliphatic rings. The fourth-order valence-corrected chi connectivity index (χ4v) is 4.95. The highest BCUT2D eigenvalue weighted by atomic mass is 35.5. The highest BCUT2D eigenvalue weighted by Gasteiger charge is 2.49. The molecule has 3 saturated heterocycles. The minimum Gasteiger partial charge on any atom is -0.335 e. The van der Waals surface area contributed by atoms with Crippen LogP contribution < -0.4 is 0 Å². The standard InChI is InChI=1S/C15H22N2O.ClH/c18-14-7-1-6-13-12-5-3-9-16-8-2-4-11(15(12)16)10-17(13)14;/h1,7,11-13,15H,2-6,8-10H2;1H. The summed E-state index contributed by atoms with van der Waals surface area (Å²) in [5, 5.41) is 0. The molecule has 4 rings (SSSR count). The maximum atomic E-state index is 12.1. The molecule has 0 aliphatic carbocycles. The van der Waals surface area contributed by atoms with E-state index in [2.05, 4.69) is 15.9 Å². The predicted octanol–water partition coefficient (Wildman–Crippen LogP) is 2.07. The van der Waals surface area contributed by atoms with E-state index in [1.165, 1.54) is 38.8 Å². The molecule has 0 aromatic heterocycles. The molecule has 0 saturated carbocycles. The molecule has 4 atom stereocenters. The van der Waals surface area contributed by atoms with Gasteiger partial charge in [-0.2, -0.15) is 0 Å². The Bertz CT molecular complexity index is 396. The highest BCUT2D eigenvalue weighted by Crippen LogP contribution is 2.43. The largest absolute Gasteiger partial charge is 0.335 e. The number of hydrogen-bond donors (Lipinski definition) is 0. The Kier molecular flexibility index (Phi) is 3.61. The minimum atomic E-state index is 0. The van der Waals surface area contributed by atoms with E-state index in [0.29, 0.717) is 6.04 Å². The molecule has 0 aromatic carbocycles. The zero-order valence-electron chi connectivity index (χ0n) is 11.3. The van der Waals surface area contributed by atoms with Gasteiger partial charge >= 0.3 is 0 Å². The first-order valence-electron chi connectivity index (χ1n) is 7.56. The van der Waals surface area contributed by atoms with Crippen molar-refractivity contribution in [2.24, 2.45) is 11.8 Å². The first-order valence-corrected chi connectivity index (χ1v) is 7.56. The van der Waals surface area contributed by atoms with Crippen LogP contribution in [0.25, 0.3) is 0 Å². The lowest BCUT2D eigenvalue weighted by atomic mass is 9.68. The Morgan fingerprint density at radius 3 is 2.79 bits per heavy atom. The molecule has 3 nitrogen and oxygen atoms in total. The molecule has 3 fully saturated rings. The van der Waals surface area contributed by atoms with Crippen molar-refractivity contribution in [2.45, 2.75) is 44.2 Å². The van der Waals surface area contributed by atoms with E-state index in [1.807, 2.05) is 0 Å². The summed E-state index contributed by atoms with van der Waals surface area (Å²) in [7, 11) is 0. The zero-order valence-corrected chi connectivity index (χ0v) is 12.1. The van der Waals surface area contributed by atoms with Gasteiger partial charge in [-0.05, 0) is 63.1 Å². The van der Waals surface area contributed by atoms with Crippen molar-refractivity contribution >= 4 is 18.3 Å². The second-order valence-corrected chi connectivity index (χ2v) is 6.43. The number of fused-ring (bicyclic) bond motifs is 2. The van der Waals surface area contributed by atoms with Gasteiger partial charge in [-0.1, -0.05) is 6.08 Å². The van der Waals surface area contributed by atoms with Crippen molar-refractivity contribution in [1.82, 2.24) is 9.80 Å². The number of carbonyl (C=O) groups is 1. The monoisotopic (exact) mass is 282 g/mol. The van der Waals surface area contributed by atoms with Crippen LogP contribution in [0.2, 0.25) is 0 Å². The molecule has 0 spiro atoms. The maximum Gasteiger partial charge on any atom is 0.246 e. The number of rotatable bonds is 0. The van der Waals surface area contributed by atoms with Gasteiger partial charge in [-0.15, -0.1) is 12.4 Å². The third-order valence-corrected chi connectivity index (χ3v) is 5.59. The van der Waals surface area contributed by atoms with Crippen LogP contribution in [0.1, 0.15) is 32.1 Å². The van der Waals surface area contributed by atoms with E-state index >= 15 is 0 Å². The minimum absolute atomic E-state index is 0. The van der Waals surface area contributed by atoms with Gasteiger partial charge in [0.1, 0.15) is 0 Å². The van der Waals surface area contributed by atoms with Gasteiger partial charge in [-0.3, -0.25) is 9.69 Å². The number of amides is 1. The summed E-state index contributed by atoms with van der Waals surface area (Å²) in [6.07, 6.45) is 10.3. The van der Waals surface area contributed by atoms with Crippen LogP contribution in [-0.4, -0.2) is 47.4 Å². The summed E-state index contributed by atoms with van der Waals surface area (Å²) in [5.41, 5.74) is 0. The van der Waals surface area contributed by atoms with Crippen LogP contribution in [-0.2, 0) is 4.79 Å². The lowest BCUT2D eigenvalue weighted by molar-refractivity contribution is -0.141. The third-order valence-electron chi connectivity index (χ3n) is 5.59. The lowest BCUT2D eigenvalue weighted by Crippen LogP contribution is -2.65. The number of carbonyl (C=O) groups excluding carboxylic acids is 1. The quantitative estimate of drug-likeness (QED) is 0.679. The van der Waals surface area contributed by atoms with E-state index in [-0.39, 0.29) is 18.3 Å². The molecule has 4 unspecified atom stereocenters. The van der Waals surface area contributed by atoms with Gasteiger partial charge in [0.25, 0.3) is 0 Å². The third kappa shape index (κ3) is 2.02. The number of nitrogens with zero attached hydrogens (tertiary/aromatic N) is 2. The maximum absolute atomic E-state index is 12.1. The van der Waals surface area contributed by atoms with Crippen molar-refractivity contribution < 1.29 is 4.79 Å². The van der Waals surface area contributed by atoms with Gasteiger partial charge in [0.15, 0.2) is 0 Å². The molecule has 0 N–H and O–H groups in total. The fraction of sp³-hybridized carbons (Fsp3) is 0.800. The molecule has 106 valence electrons. The molecule has 4 heterocycles. The van der Waals surface area contributed by atoms with Gasteiger partial charge in [-0.25, -0.2) is 0 Å². The Labute approximate surface area is 121 Å². The molecule has 4 aliphatic heterocycles. The molecule has 19 heavy (non-hydrogen) atoms. The summed E-state index contributed by atoms with van der Waals surface area (Å²) in [6.45, 7) is 3.62. The van der Waals surface area contributed by atoms with E-state index in [1.54, 1.807) is 6.08 Å². The van der Waals surface area contributed by atoms with Gasteiger partial charge in [0, 0.05) is 18.6 Å². The second kappa shape index (κ2) is 5.10. The van der Waals surface area contributed by atoms with Gasteiger partial charge in [0.2, 0.25) is 5.91 Å². The summed E-state index contributed by atoms with van der Waals surface area (Å²) < 4.78 is 0. The zero-order chi connectivity index (χ0) is 12.1. The van der Waals surface area contributed by atoms with E-state index < -0.39 is 0 Å². The van der Waals surface area contributed by atoms with E-state index in [0.717, 1.165) is 30.8 Å². The smallest absolute Gasteiger partial charge is 0.246 e. The van der Waals surface area contributed by atoms with Crippen LogP contribution in [0.4, 0.5) is 0 Å². The molecular formula is C15H23ClN2O. The first-order chi connectivity index (χ1) is 8.84. The predicted molar refractivity (Wildman–Crippen MR) is 77.3 cm³/mol. The molecule has 4 heteroatoms. The van der Waals surface area contributed by atoms with Crippen molar-refractivity contribution in [3.05, 3.63) is 12.2 Å². The van der Waals surface area contributed by atoms with Crippen LogP contribution in [0.3, 0.4) is 0 Å². The van der Waals surface area contributed by atoms with E-state index in [9.17, 15) is 4.79 Å². The van der Waals surface area contributed by atoms with Gasteiger partial charge < -0.3 is 4.90 Å². The summed E-state index contributed by atoms with van der Waals surface area (Å²) in [4.78, 5) is 17.0. The normalized spacial score (nSPS) is 41.3. The summed E-state index contributed by atoms with van der Waals surface area (Å²) in [5.74, 6) is 1.76. The van der Waals surface area contributed by atoms with Crippen molar-refractivity contribution in [3.8, 4) is 0 Å². The van der Waals surface area contributed by atoms with Crippen LogP contribution in [0, 0.1) is 11.8 Å². The molecule has 0 aromatic rings. The molecular weight excluding hydrogens is 260 g/mol. The van der Waals surface area contributed by atoms with Crippen LogP contribution >= 0.6 is 12.4 Å². The topological polar surface area (TPSA) is 23.6 Å². The second-order valence-electron chi connectivity index (χ2n) is 6.43. The summed E-state index contributed by atoms with van der Waals surface area (Å²) >= 11 is 0. The summed E-state index contributed by atoms with van der Waals surface area (Å²) in [6, 6.07) is 1.29.